The second-order valence-electron chi connectivity index (χ2n) is 3.80. The van der Waals surface area contributed by atoms with Gasteiger partial charge in [-0.15, -0.1) is 0 Å². The lowest BCUT2D eigenvalue weighted by atomic mass is 10.2. The van der Waals surface area contributed by atoms with Crippen molar-refractivity contribution in [3.8, 4) is 5.75 Å². The van der Waals surface area contributed by atoms with Gasteiger partial charge in [0.15, 0.2) is 5.76 Å². The fraction of sp³-hybridized carbons (Fsp3) is 0.154. The zero-order valence-electron chi connectivity index (χ0n) is 9.97. The number of amides is 1. The second kappa shape index (κ2) is 5.37. The Morgan fingerprint density at radius 1 is 1.39 bits per heavy atom. The van der Waals surface area contributed by atoms with E-state index in [1.54, 1.807) is 6.07 Å². The van der Waals surface area contributed by atoms with Crippen molar-refractivity contribution < 1.29 is 13.9 Å². The maximum absolute atomic E-state index is 11.4. The first-order chi connectivity index (χ1) is 8.72. The Hall–Kier alpha value is -2.27. The molecule has 5 nitrogen and oxygen atoms in total. The van der Waals surface area contributed by atoms with Gasteiger partial charge in [0.05, 0.1) is 6.26 Å². The summed E-state index contributed by atoms with van der Waals surface area (Å²) in [6.07, 6.45) is 1.43. The summed E-state index contributed by atoms with van der Waals surface area (Å²) in [4.78, 5) is 11.4. The van der Waals surface area contributed by atoms with E-state index in [0.717, 1.165) is 11.3 Å². The van der Waals surface area contributed by atoms with Crippen LogP contribution in [0.3, 0.4) is 0 Å². The highest BCUT2D eigenvalue weighted by Crippen LogP contribution is 2.19. The maximum atomic E-state index is 11.4. The SMILES string of the molecule is Cc1ccccc1OCc1ccoc1C(=O)NN. The van der Waals surface area contributed by atoms with Gasteiger partial charge >= 0.3 is 5.91 Å². The molecule has 0 aliphatic rings. The van der Waals surface area contributed by atoms with Gasteiger partial charge in [-0.2, -0.15) is 0 Å². The summed E-state index contributed by atoms with van der Waals surface area (Å²) in [6.45, 7) is 2.21. The number of nitrogen functional groups attached to an aromatic ring is 1. The third-order valence-corrected chi connectivity index (χ3v) is 2.56. The molecule has 2 rings (SSSR count). The molecule has 0 saturated carbocycles. The number of hydrogen-bond acceptors (Lipinski definition) is 4. The zero-order valence-corrected chi connectivity index (χ0v) is 9.97. The van der Waals surface area contributed by atoms with Crippen molar-refractivity contribution in [2.75, 3.05) is 0 Å². The molecule has 3 N–H and O–H groups in total. The zero-order chi connectivity index (χ0) is 13.0. The summed E-state index contributed by atoms with van der Waals surface area (Å²) in [5.74, 6) is 5.54. The van der Waals surface area contributed by atoms with E-state index in [4.69, 9.17) is 15.0 Å². The summed E-state index contributed by atoms with van der Waals surface area (Å²) < 4.78 is 10.7. The summed E-state index contributed by atoms with van der Waals surface area (Å²) in [6, 6.07) is 9.34. The Kier molecular flexibility index (Phi) is 3.64. The van der Waals surface area contributed by atoms with Gasteiger partial charge in [-0.25, -0.2) is 5.84 Å². The van der Waals surface area contributed by atoms with E-state index >= 15 is 0 Å². The minimum Gasteiger partial charge on any atom is -0.488 e. The minimum atomic E-state index is -0.469. The monoisotopic (exact) mass is 246 g/mol. The van der Waals surface area contributed by atoms with Crippen LogP contribution in [0.5, 0.6) is 5.75 Å². The quantitative estimate of drug-likeness (QED) is 0.489. The summed E-state index contributed by atoms with van der Waals surface area (Å²) in [7, 11) is 0. The van der Waals surface area contributed by atoms with Gasteiger partial charge < -0.3 is 9.15 Å². The number of nitrogens with two attached hydrogens (primary N) is 1. The molecule has 0 saturated heterocycles. The Labute approximate surface area is 105 Å². The summed E-state index contributed by atoms with van der Waals surface area (Å²) in [5, 5.41) is 0. The molecule has 1 aromatic heterocycles. The first-order valence-electron chi connectivity index (χ1n) is 5.48. The molecular formula is C13H14N2O3. The number of nitrogens with one attached hydrogen (secondary N) is 1. The molecule has 94 valence electrons. The number of ether oxygens (including phenoxy) is 1. The number of rotatable bonds is 4. The Bertz CT molecular complexity index is 549. The molecule has 1 amide bonds. The largest absolute Gasteiger partial charge is 0.488 e. The Balaban J connectivity index is 2.09. The van der Waals surface area contributed by atoms with Crippen molar-refractivity contribution in [1.82, 2.24) is 5.43 Å². The lowest BCUT2D eigenvalue weighted by Crippen LogP contribution is -2.30. The van der Waals surface area contributed by atoms with Crippen molar-refractivity contribution in [1.29, 1.82) is 0 Å². The molecular weight excluding hydrogens is 232 g/mol. The van der Waals surface area contributed by atoms with Gasteiger partial charge in [0.25, 0.3) is 0 Å². The van der Waals surface area contributed by atoms with Gasteiger partial charge in [0.2, 0.25) is 0 Å². The molecule has 5 heteroatoms. The number of hydrazine groups is 1. The molecule has 2 aromatic rings. The van der Waals surface area contributed by atoms with Crippen molar-refractivity contribution in [2.24, 2.45) is 5.84 Å². The highest BCUT2D eigenvalue weighted by Gasteiger charge is 2.14. The van der Waals surface area contributed by atoms with E-state index in [0.29, 0.717) is 5.56 Å². The number of carbonyl (C=O) groups is 1. The lowest BCUT2D eigenvalue weighted by Gasteiger charge is -2.08. The molecule has 0 bridgehead atoms. The summed E-state index contributed by atoms with van der Waals surface area (Å²) >= 11 is 0. The molecule has 1 aromatic carbocycles. The van der Waals surface area contributed by atoms with Crippen LogP contribution in [0.25, 0.3) is 0 Å². The van der Waals surface area contributed by atoms with E-state index in [2.05, 4.69) is 0 Å². The van der Waals surface area contributed by atoms with E-state index in [1.807, 2.05) is 36.6 Å². The van der Waals surface area contributed by atoms with E-state index < -0.39 is 5.91 Å². The smallest absolute Gasteiger partial charge is 0.301 e. The van der Waals surface area contributed by atoms with Crippen LogP contribution in [0.15, 0.2) is 41.0 Å². The number of benzene rings is 1. The molecule has 0 aliphatic carbocycles. The fourth-order valence-electron chi connectivity index (χ4n) is 1.59. The molecule has 1 heterocycles. The van der Waals surface area contributed by atoms with E-state index in [-0.39, 0.29) is 12.4 Å². The van der Waals surface area contributed by atoms with Crippen molar-refractivity contribution in [2.45, 2.75) is 13.5 Å². The maximum Gasteiger partial charge on any atom is 0.301 e. The first kappa shape index (κ1) is 12.2. The number of para-hydroxylation sites is 1. The molecule has 0 radical (unpaired) electrons. The Morgan fingerprint density at radius 2 is 2.17 bits per heavy atom. The van der Waals surface area contributed by atoms with Gasteiger partial charge in [0, 0.05) is 5.56 Å². The molecule has 0 fully saturated rings. The standard InChI is InChI=1S/C13H14N2O3/c1-9-4-2-3-5-11(9)18-8-10-6-7-17-12(10)13(16)15-14/h2-7H,8,14H2,1H3,(H,15,16). The first-order valence-corrected chi connectivity index (χ1v) is 5.48. The van der Waals surface area contributed by atoms with Crippen molar-refractivity contribution in [3.05, 3.63) is 53.5 Å². The third-order valence-electron chi connectivity index (χ3n) is 2.56. The molecule has 0 spiro atoms. The van der Waals surface area contributed by atoms with Crippen LogP contribution >= 0.6 is 0 Å². The topological polar surface area (TPSA) is 77.5 Å². The van der Waals surface area contributed by atoms with Gasteiger partial charge in [-0.1, -0.05) is 18.2 Å². The van der Waals surface area contributed by atoms with Crippen LogP contribution in [-0.2, 0) is 6.61 Å². The molecule has 0 unspecified atom stereocenters. The summed E-state index contributed by atoms with van der Waals surface area (Å²) in [5.41, 5.74) is 3.72. The van der Waals surface area contributed by atoms with Gasteiger partial charge in [-0.05, 0) is 24.6 Å². The van der Waals surface area contributed by atoms with Crippen LogP contribution in [0, 0.1) is 6.92 Å². The van der Waals surface area contributed by atoms with E-state index in [9.17, 15) is 4.79 Å². The van der Waals surface area contributed by atoms with Gasteiger partial charge in [0.1, 0.15) is 12.4 Å². The molecule has 18 heavy (non-hydrogen) atoms. The molecule has 0 atom stereocenters. The predicted molar refractivity (Wildman–Crippen MR) is 65.9 cm³/mol. The number of hydrogen-bond donors (Lipinski definition) is 2. The average Bonchev–Trinajstić information content (AvgIpc) is 2.85. The van der Waals surface area contributed by atoms with Crippen LogP contribution in [0.1, 0.15) is 21.7 Å². The third kappa shape index (κ3) is 2.52. The normalized spacial score (nSPS) is 10.1. The van der Waals surface area contributed by atoms with Gasteiger partial charge in [-0.3, -0.25) is 10.2 Å². The fourth-order valence-corrected chi connectivity index (χ4v) is 1.59. The highest BCUT2D eigenvalue weighted by molar-refractivity contribution is 5.92. The number of furan rings is 1. The van der Waals surface area contributed by atoms with Crippen LogP contribution in [-0.4, -0.2) is 5.91 Å². The average molecular weight is 246 g/mol. The Morgan fingerprint density at radius 3 is 2.89 bits per heavy atom. The lowest BCUT2D eigenvalue weighted by molar-refractivity contribution is 0.0922. The van der Waals surface area contributed by atoms with Crippen molar-refractivity contribution >= 4 is 5.91 Å². The van der Waals surface area contributed by atoms with Crippen LogP contribution in [0.2, 0.25) is 0 Å². The number of carbonyl (C=O) groups excluding carboxylic acids is 1. The van der Waals surface area contributed by atoms with Crippen LogP contribution in [0.4, 0.5) is 0 Å². The van der Waals surface area contributed by atoms with E-state index in [1.165, 1.54) is 6.26 Å². The predicted octanol–water partition coefficient (Wildman–Crippen LogP) is 1.77. The second-order valence-corrected chi connectivity index (χ2v) is 3.80. The van der Waals surface area contributed by atoms with Crippen LogP contribution < -0.4 is 16.0 Å². The van der Waals surface area contributed by atoms with Crippen molar-refractivity contribution in [3.63, 3.8) is 0 Å². The molecule has 0 aliphatic heterocycles. The highest BCUT2D eigenvalue weighted by atomic mass is 16.5. The minimum absolute atomic E-state index is 0.172. The number of aryl methyl sites for hydroxylation is 1.